The van der Waals surface area contributed by atoms with E-state index in [1.165, 1.54) is 0 Å². The number of carbonyl (C=O) groups is 1. The van der Waals surface area contributed by atoms with Gasteiger partial charge in [0.15, 0.2) is 5.54 Å². The molecule has 4 nitrogen and oxygen atoms in total. The molecule has 0 spiro atoms. The van der Waals surface area contributed by atoms with Crippen molar-refractivity contribution in [1.29, 1.82) is 0 Å². The summed E-state index contributed by atoms with van der Waals surface area (Å²) in [6.45, 7) is 2.51. The number of fused-ring (bicyclic) bond motifs is 1. The molecule has 0 fully saturated rings. The van der Waals surface area contributed by atoms with Crippen LogP contribution in [0.5, 0.6) is 0 Å². The van der Waals surface area contributed by atoms with Gasteiger partial charge in [-0.25, -0.2) is 5.06 Å². The van der Waals surface area contributed by atoms with Crippen LogP contribution in [-0.4, -0.2) is 17.7 Å². The number of likely N-dealkylation sites (N-methyl/N-ethyl adjacent to an activating group) is 1. The maximum absolute atomic E-state index is 13.7. The van der Waals surface area contributed by atoms with Crippen molar-refractivity contribution in [3.8, 4) is 0 Å². The van der Waals surface area contributed by atoms with E-state index in [0.29, 0.717) is 18.7 Å². The van der Waals surface area contributed by atoms with E-state index in [-0.39, 0.29) is 5.91 Å². The number of benzene rings is 3. The van der Waals surface area contributed by atoms with Gasteiger partial charge in [-0.3, -0.25) is 10.0 Å². The molecule has 0 radical (unpaired) electrons. The van der Waals surface area contributed by atoms with E-state index in [1.807, 2.05) is 91.9 Å². The second-order valence-electron chi connectivity index (χ2n) is 6.74. The first-order valence-electron chi connectivity index (χ1n) is 9.18. The van der Waals surface area contributed by atoms with E-state index < -0.39 is 5.54 Å². The minimum Gasteiger partial charge on any atom is -0.310 e. The Morgan fingerprint density at radius 1 is 0.889 bits per heavy atom. The maximum atomic E-state index is 13.7. The highest BCUT2D eigenvalue weighted by Gasteiger charge is 2.54. The lowest BCUT2D eigenvalue weighted by atomic mass is 9.84. The standard InChI is InChI=1S/C23H22N2O2/c1-2-24-21-16-10-9-15-20(21)23(22(24)26,17-18-11-5-3-6-12-18)25(27)19-13-7-4-8-14-19/h3-16,27H,2,17H2,1H3/t23-/m1/s1. The Hall–Kier alpha value is -3.11. The molecule has 136 valence electrons. The Kier molecular flexibility index (Phi) is 4.42. The average Bonchev–Trinajstić information content (AvgIpc) is 2.97. The minimum absolute atomic E-state index is 0.110. The Labute approximate surface area is 159 Å². The zero-order chi connectivity index (χ0) is 18.9. The number of carbonyl (C=O) groups excluding carboxylic acids is 1. The highest BCUT2D eigenvalue weighted by atomic mass is 16.5. The second kappa shape index (κ2) is 6.89. The van der Waals surface area contributed by atoms with Crippen molar-refractivity contribution in [2.24, 2.45) is 0 Å². The van der Waals surface area contributed by atoms with Crippen LogP contribution in [0.3, 0.4) is 0 Å². The van der Waals surface area contributed by atoms with Crippen molar-refractivity contribution in [3.63, 3.8) is 0 Å². The molecule has 0 unspecified atom stereocenters. The van der Waals surface area contributed by atoms with Crippen molar-refractivity contribution < 1.29 is 10.0 Å². The number of anilines is 2. The number of hydrogen-bond acceptors (Lipinski definition) is 3. The van der Waals surface area contributed by atoms with Crippen molar-refractivity contribution in [3.05, 3.63) is 96.1 Å². The maximum Gasteiger partial charge on any atom is 0.260 e. The first-order chi connectivity index (χ1) is 13.2. The molecule has 0 bridgehead atoms. The lowest BCUT2D eigenvalue weighted by Crippen LogP contribution is -2.53. The third kappa shape index (κ3) is 2.69. The van der Waals surface area contributed by atoms with E-state index in [0.717, 1.165) is 21.9 Å². The predicted molar refractivity (Wildman–Crippen MR) is 107 cm³/mol. The van der Waals surface area contributed by atoms with Gasteiger partial charge in [0.2, 0.25) is 0 Å². The van der Waals surface area contributed by atoms with E-state index in [9.17, 15) is 10.0 Å². The fourth-order valence-electron chi connectivity index (χ4n) is 3.95. The van der Waals surface area contributed by atoms with E-state index >= 15 is 0 Å². The topological polar surface area (TPSA) is 43.8 Å². The van der Waals surface area contributed by atoms with Gasteiger partial charge in [-0.2, -0.15) is 0 Å². The molecular formula is C23H22N2O2. The zero-order valence-electron chi connectivity index (χ0n) is 15.2. The second-order valence-corrected chi connectivity index (χ2v) is 6.74. The average molecular weight is 358 g/mol. The molecule has 0 saturated heterocycles. The Bertz CT molecular complexity index is 943. The van der Waals surface area contributed by atoms with E-state index in [4.69, 9.17) is 0 Å². The molecule has 0 aliphatic carbocycles. The summed E-state index contributed by atoms with van der Waals surface area (Å²) in [6.07, 6.45) is 0.381. The van der Waals surface area contributed by atoms with Gasteiger partial charge in [0.25, 0.3) is 5.91 Å². The monoisotopic (exact) mass is 358 g/mol. The summed E-state index contributed by atoms with van der Waals surface area (Å²) in [5.41, 5.74) is 2.07. The van der Waals surface area contributed by atoms with Crippen LogP contribution >= 0.6 is 0 Å². The highest BCUT2D eigenvalue weighted by Crippen LogP contribution is 2.46. The van der Waals surface area contributed by atoms with Crippen LogP contribution in [0.15, 0.2) is 84.9 Å². The van der Waals surface area contributed by atoms with Crippen LogP contribution in [0, 0.1) is 0 Å². The molecule has 1 aliphatic rings. The molecule has 3 aromatic carbocycles. The summed E-state index contributed by atoms with van der Waals surface area (Å²) in [6, 6.07) is 26.8. The first kappa shape index (κ1) is 17.3. The van der Waals surface area contributed by atoms with Gasteiger partial charge >= 0.3 is 0 Å². The first-order valence-corrected chi connectivity index (χ1v) is 9.18. The Morgan fingerprint density at radius 3 is 2.15 bits per heavy atom. The van der Waals surface area contributed by atoms with Crippen molar-refractivity contribution in [2.45, 2.75) is 18.9 Å². The van der Waals surface area contributed by atoms with Gasteiger partial charge in [0.05, 0.1) is 5.69 Å². The number of para-hydroxylation sites is 2. The molecule has 4 heteroatoms. The van der Waals surface area contributed by atoms with Gasteiger partial charge in [-0.1, -0.05) is 66.7 Å². The van der Waals surface area contributed by atoms with E-state index in [1.54, 1.807) is 4.90 Å². The largest absolute Gasteiger partial charge is 0.310 e. The molecule has 4 rings (SSSR count). The quantitative estimate of drug-likeness (QED) is 0.688. The molecule has 1 heterocycles. The molecule has 27 heavy (non-hydrogen) atoms. The van der Waals surface area contributed by atoms with Crippen LogP contribution < -0.4 is 9.96 Å². The number of hydroxylamine groups is 1. The van der Waals surface area contributed by atoms with Crippen LogP contribution in [0.4, 0.5) is 11.4 Å². The lowest BCUT2D eigenvalue weighted by Gasteiger charge is -2.37. The normalized spacial score (nSPS) is 18.4. The smallest absolute Gasteiger partial charge is 0.260 e. The molecule has 1 amide bonds. The van der Waals surface area contributed by atoms with Crippen LogP contribution in [0.25, 0.3) is 0 Å². The number of nitrogens with zero attached hydrogens (tertiary/aromatic N) is 2. The van der Waals surface area contributed by atoms with Gasteiger partial charge in [-0.15, -0.1) is 0 Å². The molecular weight excluding hydrogens is 336 g/mol. The molecule has 1 N–H and O–H groups in total. The summed E-state index contributed by atoms with van der Waals surface area (Å²) in [5, 5.41) is 12.5. The summed E-state index contributed by atoms with van der Waals surface area (Å²) < 4.78 is 0. The fourth-order valence-corrected chi connectivity index (χ4v) is 3.95. The number of rotatable bonds is 5. The third-order valence-corrected chi connectivity index (χ3v) is 5.22. The van der Waals surface area contributed by atoms with Gasteiger partial charge in [-0.05, 0) is 30.7 Å². The van der Waals surface area contributed by atoms with Crippen molar-refractivity contribution in [2.75, 3.05) is 16.5 Å². The predicted octanol–water partition coefficient (Wildman–Crippen LogP) is 4.39. The van der Waals surface area contributed by atoms with Gasteiger partial charge in [0.1, 0.15) is 0 Å². The molecule has 1 atom stereocenters. The van der Waals surface area contributed by atoms with Crippen LogP contribution in [-0.2, 0) is 16.8 Å². The number of amides is 1. The van der Waals surface area contributed by atoms with Crippen LogP contribution in [0.2, 0.25) is 0 Å². The Morgan fingerprint density at radius 2 is 1.48 bits per heavy atom. The number of hydrogen-bond donors (Lipinski definition) is 1. The molecule has 0 aromatic heterocycles. The SMILES string of the molecule is CCN1C(=O)[C@](Cc2ccccc2)(N(O)c2ccccc2)c2ccccc21. The third-order valence-electron chi connectivity index (χ3n) is 5.22. The van der Waals surface area contributed by atoms with Crippen molar-refractivity contribution >= 4 is 17.3 Å². The molecule has 0 saturated carbocycles. The molecule has 1 aliphatic heterocycles. The summed E-state index contributed by atoms with van der Waals surface area (Å²) >= 11 is 0. The summed E-state index contributed by atoms with van der Waals surface area (Å²) in [4.78, 5) is 15.4. The minimum atomic E-state index is -1.20. The lowest BCUT2D eigenvalue weighted by molar-refractivity contribution is -0.125. The van der Waals surface area contributed by atoms with Gasteiger partial charge < -0.3 is 4.90 Å². The fraction of sp³-hybridized carbons (Fsp3) is 0.174. The van der Waals surface area contributed by atoms with Crippen LogP contribution in [0.1, 0.15) is 18.1 Å². The van der Waals surface area contributed by atoms with Gasteiger partial charge in [0, 0.05) is 24.2 Å². The molecule has 3 aromatic rings. The highest BCUT2D eigenvalue weighted by molar-refractivity contribution is 6.09. The van der Waals surface area contributed by atoms with E-state index in [2.05, 4.69) is 0 Å². The summed E-state index contributed by atoms with van der Waals surface area (Å²) in [7, 11) is 0. The summed E-state index contributed by atoms with van der Waals surface area (Å²) in [5.74, 6) is -0.110. The Balaban J connectivity index is 1.93. The zero-order valence-corrected chi connectivity index (χ0v) is 15.2. The van der Waals surface area contributed by atoms with Crippen molar-refractivity contribution in [1.82, 2.24) is 0 Å².